The molecule has 0 saturated carbocycles. The Hall–Kier alpha value is -5.24. The van der Waals surface area contributed by atoms with Crippen molar-refractivity contribution in [3.05, 3.63) is 125 Å². The van der Waals surface area contributed by atoms with Crippen LogP contribution in [0.3, 0.4) is 0 Å². The quantitative estimate of drug-likeness (QED) is 0.119. The van der Waals surface area contributed by atoms with Gasteiger partial charge in [0.25, 0.3) is 0 Å². The van der Waals surface area contributed by atoms with Gasteiger partial charge in [0.15, 0.2) is 0 Å². The topological polar surface area (TPSA) is 89.5 Å². The van der Waals surface area contributed by atoms with Gasteiger partial charge in [-0.3, -0.25) is 4.79 Å². The van der Waals surface area contributed by atoms with Crippen molar-refractivity contribution in [2.24, 2.45) is 0 Å². The molecule has 0 radical (unpaired) electrons. The molecular formula is C40H42O8. The van der Waals surface area contributed by atoms with Gasteiger partial charge in [0, 0.05) is 36.1 Å². The lowest BCUT2D eigenvalue weighted by atomic mass is 9.90. The van der Waals surface area contributed by atoms with Gasteiger partial charge in [-0.2, -0.15) is 0 Å². The minimum atomic E-state index is -0.315. The first-order valence-electron chi connectivity index (χ1n) is 16.4. The molecule has 2 heterocycles. The Balaban J connectivity index is 0.000000188. The number of fused-ring (bicyclic) bond motifs is 2. The molecule has 0 aliphatic carbocycles. The van der Waals surface area contributed by atoms with Gasteiger partial charge in [-0.05, 0) is 60.7 Å². The van der Waals surface area contributed by atoms with Crippen LogP contribution in [-0.4, -0.2) is 38.4 Å². The molecular weight excluding hydrogens is 608 g/mol. The number of rotatable bonds is 11. The molecule has 0 spiro atoms. The summed E-state index contributed by atoms with van der Waals surface area (Å²) in [6.07, 6.45) is 3.47. The van der Waals surface area contributed by atoms with Crippen molar-refractivity contribution >= 4 is 17.5 Å². The van der Waals surface area contributed by atoms with Gasteiger partial charge in [-0.1, -0.05) is 66.7 Å². The molecule has 0 unspecified atom stereocenters. The summed E-state index contributed by atoms with van der Waals surface area (Å²) >= 11 is 0. The maximum Gasteiger partial charge on any atom is 0.331 e. The first-order chi connectivity index (χ1) is 23.5. The van der Waals surface area contributed by atoms with Crippen LogP contribution in [0.25, 0.3) is 5.57 Å². The number of benzene rings is 4. The summed E-state index contributed by atoms with van der Waals surface area (Å²) in [5.41, 5.74) is 5.14. The summed E-state index contributed by atoms with van der Waals surface area (Å²) in [5, 5.41) is 0. The Kier molecular flexibility index (Phi) is 12.5. The summed E-state index contributed by atoms with van der Waals surface area (Å²) in [6.45, 7) is 6.59. The van der Waals surface area contributed by atoms with Crippen LogP contribution in [0.15, 0.2) is 103 Å². The van der Waals surface area contributed by atoms with Gasteiger partial charge >= 0.3 is 11.9 Å². The normalized spacial score (nSPS) is 15.3. The van der Waals surface area contributed by atoms with E-state index in [2.05, 4.69) is 0 Å². The fourth-order valence-electron chi connectivity index (χ4n) is 5.51. The van der Waals surface area contributed by atoms with Crippen molar-refractivity contribution in [3.63, 3.8) is 0 Å². The van der Waals surface area contributed by atoms with Gasteiger partial charge in [0.05, 0.1) is 32.8 Å². The first kappa shape index (κ1) is 34.1. The summed E-state index contributed by atoms with van der Waals surface area (Å²) in [6, 6.07) is 31.6. The maximum atomic E-state index is 11.8. The number of hydrogen-bond donors (Lipinski definition) is 0. The molecule has 8 nitrogen and oxygen atoms in total. The van der Waals surface area contributed by atoms with Crippen LogP contribution >= 0.6 is 0 Å². The minimum absolute atomic E-state index is 0.149. The summed E-state index contributed by atoms with van der Waals surface area (Å²) < 4.78 is 33.2. The Bertz CT molecular complexity index is 1670. The molecule has 250 valence electrons. The van der Waals surface area contributed by atoms with E-state index in [1.54, 1.807) is 13.0 Å². The predicted octanol–water partition coefficient (Wildman–Crippen LogP) is 8.08. The zero-order valence-corrected chi connectivity index (χ0v) is 27.5. The second-order valence-electron chi connectivity index (χ2n) is 11.3. The molecule has 6 rings (SSSR count). The molecule has 2 aliphatic heterocycles. The van der Waals surface area contributed by atoms with E-state index in [1.165, 1.54) is 0 Å². The Morgan fingerprint density at radius 1 is 0.729 bits per heavy atom. The van der Waals surface area contributed by atoms with Crippen LogP contribution in [0.5, 0.6) is 23.0 Å². The molecule has 0 aromatic heterocycles. The van der Waals surface area contributed by atoms with Crippen molar-refractivity contribution in [3.8, 4) is 23.0 Å². The van der Waals surface area contributed by atoms with E-state index in [0.717, 1.165) is 57.2 Å². The first-order valence-corrected chi connectivity index (χ1v) is 16.4. The lowest BCUT2D eigenvalue weighted by Gasteiger charge is -2.25. The van der Waals surface area contributed by atoms with Gasteiger partial charge in [-0.15, -0.1) is 0 Å². The van der Waals surface area contributed by atoms with E-state index in [-0.39, 0.29) is 17.9 Å². The Morgan fingerprint density at radius 3 is 1.98 bits per heavy atom. The third-order valence-corrected chi connectivity index (χ3v) is 7.87. The van der Waals surface area contributed by atoms with Crippen LogP contribution < -0.4 is 18.9 Å². The molecule has 4 aromatic carbocycles. The van der Waals surface area contributed by atoms with Crippen LogP contribution in [0.2, 0.25) is 0 Å². The van der Waals surface area contributed by atoms with E-state index < -0.39 is 0 Å². The lowest BCUT2D eigenvalue weighted by Crippen LogP contribution is -2.18. The van der Waals surface area contributed by atoms with Crippen LogP contribution in [0.4, 0.5) is 0 Å². The van der Waals surface area contributed by atoms with E-state index in [4.69, 9.17) is 28.4 Å². The smallest absolute Gasteiger partial charge is 0.331 e. The highest BCUT2D eigenvalue weighted by molar-refractivity contribution is 5.92. The fourth-order valence-corrected chi connectivity index (χ4v) is 5.51. The molecule has 48 heavy (non-hydrogen) atoms. The molecule has 0 amide bonds. The fraction of sp³-hybridized carbons (Fsp3) is 0.300. The highest BCUT2D eigenvalue weighted by atomic mass is 16.5. The lowest BCUT2D eigenvalue weighted by molar-refractivity contribution is -0.143. The zero-order valence-electron chi connectivity index (χ0n) is 27.5. The Morgan fingerprint density at radius 2 is 1.33 bits per heavy atom. The van der Waals surface area contributed by atoms with Crippen molar-refractivity contribution in [1.29, 1.82) is 0 Å². The minimum Gasteiger partial charge on any atom is -0.493 e. The monoisotopic (exact) mass is 650 g/mol. The number of esters is 2. The molecule has 1 atom stereocenters. The second-order valence-corrected chi connectivity index (χ2v) is 11.3. The van der Waals surface area contributed by atoms with Gasteiger partial charge < -0.3 is 28.4 Å². The number of carbonyl (C=O) groups excluding carboxylic acids is 2. The zero-order chi connectivity index (χ0) is 33.6. The summed E-state index contributed by atoms with van der Waals surface area (Å²) in [7, 11) is 0. The standard InChI is InChI=1S/C20H22O4.C20H20O4/c2*1-2-22-20(21)12-16-10-11-23-19-13-17(8-9-18(16)19)24-14-15-6-4-3-5-7-15/h3-9,13,16H,2,10-12,14H2,1H3;3-9,12-13H,2,10-11,14H2,1H3/b;16-12+/t16-;/m0./s1. The number of carbonyl (C=O) groups is 2. The molecule has 8 heteroatoms. The molecule has 0 N–H and O–H groups in total. The SMILES string of the molecule is CCOC(=O)/C=C1\CCOc2cc(OCc3ccccc3)ccc21.CCOC(=O)C[C@@H]1CCOc2cc(OCc3ccccc3)ccc21. The third-order valence-electron chi connectivity index (χ3n) is 7.87. The molecule has 2 aliphatic rings. The Labute approximate surface area is 282 Å². The van der Waals surface area contributed by atoms with Gasteiger partial charge in [0.1, 0.15) is 36.2 Å². The maximum absolute atomic E-state index is 11.8. The van der Waals surface area contributed by atoms with Gasteiger partial charge in [0.2, 0.25) is 0 Å². The van der Waals surface area contributed by atoms with Crippen LogP contribution in [0, 0.1) is 0 Å². The molecule has 0 bridgehead atoms. The van der Waals surface area contributed by atoms with Crippen LogP contribution in [0.1, 0.15) is 61.3 Å². The number of ether oxygens (including phenoxy) is 6. The highest BCUT2D eigenvalue weighted by Gasteiger charge is 2.25. The highest BCUT2D eigenvalue weighted by Crippen LogP contribution is 2.38. The summed E-state index contributed by atoms with van der Waals surface area (Å²) in [4.78, 5) is 23.4. The molecule has 0 fully saturated rings. The average Bonchev–Trinajstić information content (AvgIpc) is 3.11. The second kappa shape index (κ2) is 17.6. The number of hydrogen-bond acceptors (Lipinski definition) is 8. The average molecular weight is 651 g/mol. The molecule has 0 saturated heterocycles. The van der Waals surface area contributed by atoms with E-state index in [1.807, 2.05) is 104 Å². The third kappa shape index (κ3) is 9.88. The van der Waals surface area contributed by atoms with Crippen molar-refractivity contribution in [1.82, 2.24) is 0 Å². The molecule has 4 aromatic rings. The van der Waals surface area contributed by atoms with E-state index in [0.29, 0.717) is 52.5 Å². The van der Waals surface area contributed by atoms with Crippen molar-refractivity contribution in [2.75, 3.05) is 26.4 Å². The van der Waals surface area contributed by atoms with Gasteiger partial charge in [-0.25, -0.2) is 4.79 Å². The summed E-state index contributed by atoms with van der Waals surface area (Å²) in [5.74, 6) is 2.74. The van der Waals surface area contributed by atoms with Crippen LogP contribution in [-0.2, 0) is 32.3 Å². The van der Waals surface area contributed by atoms with E-state index in [9.17, 15) is 9.59 Å². The largest absolute Gasteiger partial charge is 0.493 e. The predicted molar refractivity (Wildman–Crippen MR) is 183 cm³/mol. The van der Waals surface area contributed by atoms with Crippen molar-refractivity contribution < 1.29 is 38.0 Å². The van der Waals surface area contributed by atoms with Crippen molar-refractivity contribution in [2.45, 2.75) is 52.2 Å². The van der Waals surface area contributed by atoms with E-state index >= 15 is 0 Å².